The zero-order chi connectivity index (χ0) is 13.3. The van der Waals surface area contributed by atoms with E-state index in [0.717, 1.165) is 44.1 Å². The van der Waals surface area contributed by atoms with Gasteiger partial charge in [-0.2, -0.15) is 0 Å². The molecule has 1 fully saturated rings. The van der Waals surface area contributed by atoms with Crippen LogP contribution in [0.5, 0.6) is 0 Å². The van der Waals surface area contributed by atoms with Crippen LogP contribution in [0.15, 0.2) is 23.3 Å². The summed E-state index contributed by atoms with van der Waals surface area (Å²) < 4.78 is 0. The van der Waals surface area contributed by atoms with Crippen molar-refractivity contribution in [2.24, 2.45) is 17.8 Å². The van der Waals surface area contributed by atoms with E-state index in [1.807, 2.05) is 0 Å². The fourth-order valence-electron chi connectivity index (χ4n) is 3.66. The smallest absolute Gasteiger partial charge is 0.331 e. The number of rotatable bonds is 2. The van der Waals surface area contributed by atoms with Gasteiger partial charge in [0.2, 0.25) is 0 Å². The van der Waals surface area contributed by atoms with Crippen molar-refractivity contribution in [3.63, 3.8) is 0 Å². The Labute approximate surface area is 110 Å². The number of hydrogen-bond donors (Lipinski definition) is 1. The molecule has 0 aromatic rings. The minimum atomic E-state index is -0.683. The van der Waals surface area contributed by atoms with Crippen molar-refractivity contribution in [2.75, 3.05) is 0 Å². The zero-order valence-electron chi connectivity index (χ0n) is 11.5. The van der Waals surface area contributed by atoms with Gasteiger partial charge < -0.3 is 5.11 Å². The minimum Gasteiger partial charge on any atom is -0.478 e. The third-order valence-electron chi connectivity index (χ3n) is 4.86. The first-order valence-corrected chi connectivity index (χ1v) is 7.11. The first kappa shape index (κ1) is 13.4. The number of carbonyl (C=O) groups is 1. The summed E-state index contributed by atoms with van der Waals surface area (Å²) in [5.41, 5.74) is 3.25. The van der Waals surface area contributed by atoms with Crippen LogP contribution < -0.4 is 0 Å². The molecule has 0 aliphatic heterocycles. The van der Waals surface area contributed by atoms with Crippen LogP contribution >= 0.6 is 0 Å². The summed E-state index contributed by atoms with van der Waals surface area (Å²) in [5, 5.41) is 9.39. The lowest BCUT2D eigenvalue weighted by Crippen LogP contribution is -2.19. The quantitative estimate of drug-likeness (QED) is 0.744. The maximum absolute atomic E-state index is 11.4. The SMILES string of the molecule is C=C(C)C1CCCC(C(=O)O)=C2CCC(C)C2C1. The predicted octanol–water partition coefficient (Wildman–Crippen LogP) is 4.18. The van der Waals surface area contributed by atoms with Crippen LogP contribution in [-0.2, 0) is 4.79 Å². The van der Waals surface area contributed by atoms with Crippen molar-refractivity contribution in [2.45, 2.75) is 52.4 Å². The highest BCUT2D eigenvalue weighted by atomic mass is 16.4. The monoisotopic (exact) mass is 248 g/mol. The standard InChI is InChI=1S/C16H24O2/c1-10(2)12-5-4-6-14(16(17)18)13-8-7-11(3)15(13)9-12/h11-12,15H,1,4-9H2,2-3H3,(H,17,18). The van der Waals surface area contributed by atoms with Gasteiger partial charge in [0.05, 0.1) is 0 Å². The molecule has 0 amide bonds. The normalized spacial score (nSPS) is 32.7. The van der Waals surface area contributed by atoms with Gasteiger partial charge in [-0.3, -0.25) is 0 Å². The van der Waals surface area contributed by atoms with Gasteiger partial charge >= 0.3 is 5.97 Å². The van der Waals surface area contributed by atoms with E-state index >= 15 is 0 Å². The Balaban J connectivity index is 2.32. The molecule has 2 heteroatoms. The Kier molecular flexibility index (Phi) is 3.94. The lowest BCUT2D eigenvalue weighted by molar-refractivity contribution is -0.133. The minimum absolute atomic E-state index is 0.484. The molecular formula is C16H24O2. The van der Waals surface area contributed by atoms with Crippen LogP contribution in [0, 0.1) is 17.8 Å². The van der Waals surface area contributed by atoms with E-state index in [2.05, 4.69) is 20.4 Å². The Morgan fingerprint density at radius 3 is 2.67 bits per heavy atom. The molecule has 2 aliphatic rings. The van der Waals surface area contributed by atoms with Gasteiger partial charge in [-0.1, -0.05) is 24.6 Å². The molecule has 1 N–H and O–H groups in total. The molecule has 3 unspecified atom stereocenters. The molecule has 3 atom stereocenters. The van der Waals surface area contributed by atoms with Crippen LogP contribution in [0.25, 0.3) is 0 Å². The van der Waals surface area contributed by atoms with Crippen molar-refractivity contribution < 1.29 is 9.90 Å². The van der Waals surface area contributed by atoms with Gasteiger partial charge in [-0.25, -0.2) is 4.79 Å². The molecule has 2 rings (SSSR count). The molecule has 0 radical (unpaired) electrons. The van der Waals surface area contributed by atoms with Crippen LogP contribution in [0.1, 0.15) is 52.4 Å². The summed E-state index contributed by atoms with van der Waals surface area (Å²) in [6.45, 7) is 8.50. The average molecular weight is 248 g/mol. The molecular weight excluding hydrogens is 224 g/mol. The van der Waals surface area contributed by atoms with E-state index < -0.39 is 5.97 Å². The highest BCUT2D eigenvalue weighted by molar-refractivity contribution is 5.87. The Morgan fingerprint density at radius 1 is 1.33 bits per heavy atom. The van der Waals surface area contributed by atoms with Crippen molar-refractivity contribution in [1.82, 2.24) is 0 Å². The topological polar surface area (TPSA) is 37.3 Å². The maximum atomic E-state index is 11.4. The second-order valence-electron chi connectivity index (χ2n) is 6.10. The number of hydrogen-bond acceptors (Lipinski definition) is 1. The lowest BCUT2D eigenvalue weighted by Gasteiger charge is -2.28. The summed E-state index contributed by atoms with van der Waals surface area (Å²) in [5.74, 6) is 1.02. The lowest BCUT2D eigenvalue weighted by atomic mass is 9.77. The molecule has 0 spiro atoms. The Bertz CT molecular complexity index is 392. The van der Waals surface area contributed by atoms with E-state index in [9.17, 15) is 9.90 Å². The highest BCUT2D eigenvalue weighted by Crippen LogP contribution is 2.45. The fourth-order valence-corrected chi connectivity index (χ4v) is 3.66. The third kappa shape index (κ3) is 2.52. The van der Waals surface area contributed by atoms with Crippen LogP contribution in [0.2, 0.25) is 0 Å². The summed E-state index contributed by atoms with van der Waals surface area (Å²) in [6.07, 6.45) is 6.10. The predicted molar refractivity (Wildman–Crippen MR) is 73.3 cm³/mol. The van der Waals surface area contributed by atoms with Gasteiger partial charge in [-0.15, -0.1) is 0 Å². The molecule has 0 heterocycles. The van der Waals surface area contributed by atoms with Crippen molar-refractivity contribution in [3.05, 3.63) is 23.3 Å². The summed E-state index contributed by atoms with van der Waals surface area (Å²) in [6, 6.07) is 0. The van der Waals surface area contributed by atoms with Crippen LogP contribution in [0.4, 0.5) is 0 Å². The summed E-state index contributed by atoms with van der Waals surface area (Å²) in [4.78, 5) is 11.4. The van der Waals surface area contributed by atoms with E-state index in [4.69, 9.17) is 0 Å². The molecule has 2 nitrogen and oxygen atoms in total. The van der Waals surface area contributed by atoms with Crippen LogP contribution in [0.3, 0.4) is 0 Å². The number of aliphatic carboxylic acids is 1. The molecule has 0 saturated heterocycles. The molecule has 0 aromatic carbocycles. The highest BCUT2D eigenvalue weighted by Gasteiger charge is 2.35. The van der Waals surface area contributed by atoms with Crippen molar-refractivity contribution in [1.29, 1.82) is 0 Å². The van der Waals surface area contributed by atoms with Gasteiger partial charge in [0.25, 0.3) is 0 Å². The Hall–Kier alpha value is -1.05. The van der Waals surface area contributed by atoms with E-state index in [1.165, 1.54) is 11.1 Å². The van der Waals surface area contributed by atoms with Gasteiger partial charge in [0.15, 0.2) is 0 Å². The number of carboxylic acids is 1. The van der Waals surface area contributed by atoms with E-state index in [1.54, 1.807) is 0 Å². The first-order chi connectivity index (χ1) is 8.50. The fraction of sp³-hybridized carbons (Fsp3) is 0.688. The molecule has 18 heavy (non-hydrogen) atoms. The van der Waals surface area contributed by atoms with Gasteiger partial charge in [0.1, 0.15) is 0 Å². The number of fused-ring (bicyclic) bond motifs is 1. The zero-order valence-corrected chi connectivity index (χ0v) is 11.5. The van der Waals surface area contributed by atoms with E-state index in [-0.39, 0.29) is 0 Å². The average Bonchev–Trinajstić information content (AvgIpc) is 2.58. The Morgan fingerprint density at radius 2 is 2.06 bits per heavy atom. The molecule has 100 valence electrons. The largest absolute Gasteiger partial charge is 0.478 e. The number of allylic oxidation sites excluding steroid dienone is 2. The number of carboxylic acid groups (broad SMARTS) is 1. The van der Waals surface area contributed by atoms with Crippen LogP contribution in [-0.4, -0.2) is 11.1 Å². The third-order valence-corrected chi connectivity index (χ3v) is 4.86. The summed E-state index contributed by atoms with van der Waals surface area (Å²) in [7, 11) is 0. The molecule has 2 aliphatic carbocycles. The first-order valence-electron chi connectivity index (χ1n) is 7.11. The summed E-state index contributed by atoms with van der Waals surface area (Å²) >= 11 is 0. The second kappa shape index (κ2) is 5.29. The molecule has 0 aromatic heterocycles. The maximum Gasteiger partial charge on any atom is 0.331 e. The molecule has 1 saturated carbocycles. The van der Waals surface area contributed by atoms with E-state index in [0.29, 0.717) is 17.8 Å². The van der Waals surface area contributed by atoms with Gasteiger partial charge in [0, 0.05) is 5.57 Å². The van der Waals surface area contributed by atoms with Crippen molar-refractivity contribution in [3.8, 4) is 0 Å². The molecule has 0 bridgehead atoms. The van der Waals surface area contributed by atoms with Crippen molar-refractivity contribution >= 4 is 5.97 Å². The van der Waals surface area contributed by atoms with Gasteiger partial charge in [-0.05, 0) is 63.2 Å². The second-order valence-corrected chi connectivity index (χ2v) is 6.10.